The molecular formula is C24H36N4O4. The molecule has 8 nitrogen and oxygen atoms in total. The number of nitrogens with zero attached hydrogens (tertiary/aromatic N) is 4. The maximum Gasteiger partial charge on any atom is 0.242 e. The molecule has 1 aromatic rings. The van der Waals surface area contributed by atoms with E-state index in [0.29, 0.717) is 39.1 Å². The summed E-state index contributed by atoms with van der Waals surface area (Å²) < 4.78 is 5.22. The van der Waals surface area contributed by atoms with Crippen molar-refractivity contribution in [3.05, 3.63) is 35.4 Å². The summed E-state index contributed by atoms with van der Waals surface area (Å²) in [7, 11) is 5.34. The largest absolute Gasteiger partial charge is 0.383 e. The topological polar surface area (TPSA) is 73.4 Å². The lowest BCUT2D eigenvalue weighted by molar-refractivity contribution is -0.150. The van der Waals surface area contributed by atoms with Gasteiger partial charge in [0.1, 0.15) is 0 Å². The van der Waals surface area contributed by atoms with Gasteiger partial charge >= 0.3 is 0 Å². The molecule has 0 bridgehead atoms. The molecule has 2 aliphatic rings. The summed E-state index contributed by atoms with van der Waals surface area (Å²) >= 11 is 0. The fraction of sp³-hybridized carbons (Fsp3) is 0.625. The van der Waals surface area contributed by atoms with Gasteiger partial charge in [0.2, 0.25) is 17.7 Å². The number of methoxy groups -OCH3 is 1. The standard InChI is InChI=1S/C24H36N4O4/c1-18-5-7-19(8-6-18)23-20(9-10-21(29)28(23)15-16-32-4)24(31)26(3)17-22(30)27-13-11-25(2)12-14-27/h5-8,20,23H,9-17H2,1-4H3/t20-,23-/m1/s1. The number of benzene rings is 1. The van der Waals surface area contributed by atoms with Crippen molar-refractivity contribution >= 4 is 17.7 Å². The van der Waals surface area contributed by atoms with Crippen LogP contribution in [0.15, 0.2) is 24.3 Å². The summed E-state index contributed by atoms with van der Waals surface area (Å²) in [4.78, 5) is 46.4. The number of likely N-dealkylation sites (tertiary alicyclic amines) is 1. The van der Waals surface area contributed by atoms with E-state index in [4.69, 9.17) is 4.74 Å². The van der Waals surface area contributed by atoms with Crippen molar-refractivity contribution in [2.75, 3.05) is 67.1 Å². The Labute approximate surface area is 191 Å². The smallest absolute Gasteiger partial charge is 0.242 e. The Morgan fingerprint density at radius 2 is 1.78 bits per heavy atom. The number of piperazine rings is 1. The number of rotatable bonds is 7. The van der Waals surface area contributed by atoms with Crippen molar-refractivity contribution in [3.63, 3.8) is 0 Å². The minimum Gasteiger partial charge on any atom is -0.383 e. The van der Waals surface area contributed by atoms with Crippen LogP contribution in [0.1, 0.15) is 30.0 Å². The van der Waals surface area contributed by atoms with E-state index in [1.807, 2.05) is 43.1 Å². The fourth-order valence-corrected chi connectivity index (χ4v) is 4.56. The van der Waals surface area contributed by atoms with E-state index in [2.05, 4.69) is 4.90 Å². The summed E-state index contributed by atoms with van der Waals surface area (Å²) in [5, 5.41) is 0. The monoisotopic (exact) mass is 444 g/mol. The summed E-state index contributed by atoms with van der Waals surface area (Å²) in [6.45, 7) is 5.98. The van der Waals surface area contributed by atoms with E-state index < -0.39 is 5.92 Å². The molecule has 8 heteroatoms. The highest BCUT2D eigenvalue weighted by atomic mass is 16.5. The van der Waals surface area contributed by atoms with E-state index in [1.165, 1.54) is 4.90 Å². The van der Waals surface area contributed by atoms with Crippen molar-refractivity contribution in [1.29, 1.82) is 0 Å². The van der Waals surface area contributed by atoms with Crippen molar-refractivity contribution in [1.82, 2.24) is 19.6 Å². The Balaban J connectivity index is 1.77. The molecule has 0 unspecified atom stereocenters. The molecule has 0 spiro atoms. The van der Waals surface area contributed by atoms with E-state index in [9.17, 15) is 14.4 Å². The third-order valence-electron chi connectivity index (χ3n) is 6.58. The molecule has 2 aliphatic heterocycles. The second-order valence-corrected chi connectivity index (χ2v) is 8.96. The van der Waals surface area contributed by atoms with E-state index in [-0.39, 0.29) is 30.3 Å². The molecule has 0 aromatic heterocycles. The zero-order valence-corrected chi connectivity index (χ0v) is 19.7. The van der Waals surface area contributed by atoms with Gasteiger partial charge in [0.15, 0.2) is 0 Å². The molecule has 2 fully saturated rings. The Bertz CT molecular complexity index is 805. The van der Waals surface area contributed by atoms with Crippen LogP contribution in [0, 0.1) is 12.8 Å². The van der Waals surface area contributed by atoms with Crippen molar-refractivity contribution < 1.29 is 19.1 Å². The SMILES string of the molecule is COCCN1C(=O)CC[C@@H](C(=O)N(C)CC(=O)N2CCN(C)CC2)[C@H]1c1ccc(C)cc1. The van der Waals surface area contributed by atoms with Crippen LogP contribution in [-0.2, 0) is 19.1 Å². The van der Waals surface area contributed by atoms with Gasteiger partial charge in [0, 0.05) is 53.3 Å². The number of carbonyl (C=O) groups excluding carboxylic acids is 3. The molecule has 32 heavy (non-hydrogen) atoms. The number of likely N-dealkylation sites (N-methyl/N-ethyl adjacent to an activating group) is 2. The van der Waals surface area contributed by atoms with E-state index in [0.717, 1.165) is 24.2 Å². The lowest BCUT2D eigenvalue weighted by atomic mass is 9.83. The number of ether oxygens (including phenoxy) is 1. The molecule has 2 atom stereocenters. The van der Waals surface area contributed by atoms with Gasteiger partial charge in [-0.3, -0.25) is 14.4 Å². The molecule has 0 saturated carbocycles. The van der Waals surface area contributed by atoms with Gasteiger partial charge in [0.25, 0.3) is 0 Å². The van der Waals surface area contributed by atoms with Crippen LogP contribution in [0.3, 0.4) is 0 Å². The third-order valence-corrected chi connectivity index (χ3v) is 6.58. The quantitative estimate of drug-likeness (QED) is 0.631. The van der Waals surface area contributed by atoms with Gasteiger partial charge in [-0.2, -0.15) is 0 Å². The number of hydrogen-bond donors (Lipinski definition) is 0. The third kappa shape index (κ3) is 5.66. The first kappa shape index (κ1) is 24.2. The van der Waals surface area contributed by atoms with Gasteiger partial charge in [-0.05, 0) is 26.0 Å². The van der Waals surface area contributed by atoms with Gasteiger partial charge in [-0.15, -0.1) is 0 Å². The van der Waals surface area contributed by atoms with Crippen molar-refractivity contribution in [2.24, 2.45) is 5.92 Å². The van der Waals surface area contributed by atoms with Crippen LogP contribution < -0.4 is 0 Å². The summed E-state index contributed by atoms with van der Waals surface area (Å²) in [5.41, 5.74) is 2.06. The van der Waals surface area contributed by atoms with Crippen LogP contribution in [0.25, 0.3) is 0 Å². The Kier molecular flexibility index (Phi) is 8.26. The van der Waals surface area contributed by atoms with Crippen molar-refractivity contribution in [3.8, 4) is 0 Å². The Morgan fingerprint density at radius 1 is 1.12 bits per heavy atom. The average Bonchev–Trinajstić information content (AvgIpc) is 2.78. The maximum atomic E-state index is 13.5. The minimum absolute atomic E-state index is 0.0241. The highest BCUT2D eigenvalue weighted by Gasteiger charge is 2.41. The summed E-state index contributed by atoms with van der Waals surface area (Å²) in [6, 6.07) is 7.64. The molecular weight excluding hydrogens is 408 g/mol. The predicted octanol–water partition coefficient (Wildman–Crippen LogP) is 1.15. The first-order valence-corrected chi connectivity index (χ1v) is 11.4. The highest BCUT2D eigenvalue weighted by molar-refractivity contribution is 5.88. The predicted molar refractivity (Wildman–Crippen MR) is 122 cm³/mol. The number of amides is 3. The first-order chi connectivity index (χ1) is 15.3. The van der Waals surface area contributed by atoms with Crippen LogP contribution in [0.2, 0.25) is 0 Å². The summed E-state index contributed by atoms with van der Waals surface area (Å²) in [6.07, 6.45) is 0.801. The lowest BCUT2D eigenvalue weighted by Crippen LogP contribution is -2.52. The second kappa shape index (κ2) is 10.9. The number of aryl methyl sites for hydroxylation is 1. The normalized spacial score (nSPS) is 22.2. The second-order valence-electron chi connectivity index (χ2n) is 8.96. The zero-order chi connectivity index (χ0) is 23.3. The Morgan fingerprint density at radius 3 is 2.41 bits per heavy atom. The summed E-state index contributed by atoms with van der Waals surface area (Å²) in [5.74, 6) is -0.470. The molecule has 2 saturated heterocycles. The molecule has 3 amide bonds. The fourth-order valence-electron chi connectivity index (χ4n) is 4.56. The van der Waals surface area contributed by atoms with E-state index >= 15 is 0 Å². The van der Waals surface area contributed by atoms with Gasteiger partial charge in [0.05, 0.1) is 25.1 Å². The van der Waals surface area contributed by atoms with Crippen molar-refractivity contribution in [2.45, 2.75) is 25.8 Å². The van der Waals surface area contributed by atoms with E-state index in [1.54, 1.807) is 19.1 Å². The maximum absolute atomic E-state index is 13.5. The molecule has 0 aliphatic carbocycles. The van der Waals surface area contributed by atoms with Crippen LogP contribution in [0.4, 0.5) is 0 Å². The van der Waals surface area contributed by atoms with Gasteiger partial charge in [-0.25, -0.2) is 0 Å². The molecule has 176 valence electrons. The highest BCUT2D eigenvalue weighted by Crippen LogP contribution is 2.37. The van der Waals surface area contributed by atoms with Crippen LogP contribution in [-0.4, -0.2) is 104 Å². The molecule has 0 radical (unpaired) electrons. The number of piperidine rings is 1. The van der Waals surface area contributed by atoms with Crippen LogP contribution in [0.5, 0.6) is 0 Å². The minimum atomic E-state index is -0.391. The molecule has 3 rings (SSSR count). The average molecular weight is 445 g/mol. The molecule has 0 N–H and O–H groups in total. The Hall–Kier alpha value is -2.45. The van der Waals surface area contributed by atoms with Gasteiger partial charge in [-0.1, -0.05) is 29.8 Å². The number of carbonyl (C=O) groups is 3. The van der Waals surface area contributed by atoms with Gasteiger partial charge < -0.3 is 24.3 Å². The molecule has 1 aromatic carbocycles. The lowest BCUT2D eigenvalue weighted by Gasteiger charge is -2.42. The number of hydrogen-bond acceptors (Lipinski definition) is 5. The van der Waals surface area contributed by atoms with Crippen LogP contribution >= 0.6 is 0 Å². The molecule has 2 heterocycles. The first-order valence-electron chi connectivity index (χ1n) is 11.4. The zero-order valence-electron chi connectivity index (χ0n) is 19.7.